The molecule has 1 fully saturated rings. The minimum Gasteiger partial charge on any atom is -0.505 e. The number of imide groups is 2. The van der Waals surface area contributed by atoms with Crippen molar-refractivity contribution < 1.29 is 19.5 Å². The predicted octanol–water partition coefficient (Wildman–Crippen LogP) is 1.79. The number of likely N-dealkylation sites (N-methyl/N-ethyl adjacent to an activating group) is 1. The Morgan fingerprint density at radius 2 is 1.75 bits per heavy atom. The molecular weight excluding hydrogens is 307 g/mol. The summed E-state index contributed by atoms with van der Waals surface area (Å²) >= 11 is 11.5. The summed E-state index contributed by atoms with van der Waals surface area (Å²) in [6, 6.07) is 1.89. The van der Waals surface area contributed by atoms with Crippen molar-refractivity contribution in [3.63, 3.8) is 0 Å². The number of carbonyl (C=O) groups excluding carboxylic acids is 3. The van der Waals surface area contributed by atoms with Gasteiger partial charge >= 0.3 is 6.03 Å². The topological polar surface area (TPSA) is 86.7 Å². The third kappa shape index (κ3) is 2.48. The summed E-state index contributed by atoms with van der Waals surface area (Å²) in [5.74, 6) is -1.83. The van der Waals surface area contributed by atoms with E-state index in [1.54, 1.807) is 0 Å². The van der Waals surface area contributed by atoms with E-state index in [1.807, 2.05) is 5.32 Å². The number of nitrogens with one attached hydrogen (secondary N) is 1. The van der Waals surface area contributed by atoms with E-state index in [9.17, 15) is 19.5 Å². The number of urea groups is 1. The van der Waals surface area contributed by atoms with Crippen molar-refractivity contribution >= 4 is 47.1 Å². The molecule has 0 aromatic heterocycles. The molecule has 1 aromatic rings. The van der Waals surface area contributed by atoms with Crippen molar-refractivity contribution in [3.8, 4) is 5.75 Å². The zero-order chi connectivity index (χ0) is 15.0. The highest BCUT2D eigenvalue weighted by atomic mass is 35.5. The number of aromatic hydroxyl groups is 1. The normalized spacial score (nSPS) is 17.6. The molecule has 1 aliphatic rings. The average molecular weight is 315 g/mol. The second-order valence-electron chi connectivity index (χ2n) is 4.01. The average Bonchev–Trinajstić information content (AvgIpc) is 2.38. The van der Waals surface area contributed by atoms with Gasteiger partial charge in [0.05, 0.1) is 10.0 Å². The first-order valence-electron chi connectivity index (χ1n) is 5.34. The van der Waals surface area contributed by atoms with E-state index >= 15 is 0 Å². The molecule has 2 N–H and O–H groups in total. The Balaban J connectivity index is 2.47. The maximum Gasteiger partial charge on any atom is 0.331 e. The second-order valence-corrected chi connectivity index (χ2v) is 4.83. The summed E-state index contributed by atoms with van der Waals surface area (Å²) in [5, 5.41) is 11.4. The monoisotopic (exact) mass is 314 g/mol. The van der Waals surface area contributed by atoms with Crippen LogP contribution in [0.3, 0.4) is 0 Å². The molecule has 1 aromatic carbocycles. The number of hydrogen-bond donors (Lipinski definition) is 2. The fourth-order valence-electron chi connectivity index (χ4n) is 1.58. The quantitative estimate of drug-likeness (QED) is 0.611. The lowest BCUT2D eigenvalue weighted by Crippen LogP contribution is -2.52. The van der Waals surface area contributed by atoms with E-state index in [0.717, 1.165) is 4.90 Å². The fraction of sp³-hybridized carbons (Fsp3) is 0.0833. The molecule has 6 nitrogen and oxygen atoms in total. The van der Waals surface area contributed by atoms with Crippen molar-refractivity contribution in [2.45, 2.75) is 0 Å². The third-order valence-corrected chi connectivity index (χ3v) is 3.23. The van der Waals surface area contributed by atoms with Crippen LogP contribution in [0.4, 0.5) is 4.79 Å². The molecule has 0 aliphatic carbocycles. The molecule has 8 heteroatoms. The number of amides is 4. The zero-order valence-electron chi connectivity index (χ0n) is 10.1. The van der Waals surface area contributed by atoms with Crippen molar-refractivity contribution in [1.82, 2.24) is 10.2 Å². The van der Waals surface area contributed by atoms with E-state index in [2.05, 4.69) is 0 Å². The van der Waals surface area contributed by atoms with E-state index in [0.29, 0.717) is 5.56 Å². The summed E-state index contributed by atoms with van der Waals surface area (Å²) in [6.45, 7) is 0. The summed E-state index contributed by atoms with van der Waals surface area (Å²) in [7, 11) is 1.24. The van der Waals surface area contributed by atoms with Gasteiger partial charge in [0, 0.05) is 7.05 Å². The van der Waals surface area contributed by atoms with Crippen LogP contribution in [0.5, 0.6) is 5.75 Å². The number of carbonyl (C=O) groups is 3. The maximum atomic E-state index is 11.8. The summed E-state index contributed by atoms with van der Waals surface area (Å²) in [4.78, 5) is 35.5. The molecule has 0 spiro atoms. The predicted molar refractivity (Wildman–Crippen MR) is 72.4 cm³/mol. The minimum absolute atomic E-state index is 0.0163. The SMILES string of the molecule is CN1C(=O)NC(=O)/C(=C\c2cc(Cl)c(O)c(Cl)c2)C1=O. The highest BCUT2D eigenvalue weighted by Crippen LogP contribution is 2.33. The van der Waals surface area contributed by atoms with Gasteiger partial charge in [0.25, 0.3) is 11.8 Å². The Labute approximate surface area is 123 Å². The molecule has 1 aliphatic heterocycles. The lowest BCUT2D eigenvalue weighted by atomic mass is 10.1. The number of halogens is 2. The van der Waals surface area contributed by atoms with Gasteiger partial charge in [-0.05, 0) is 23.8 Å². The Bertz CT molecular complexity index is 646. The largest absolute Gasteiger partial charge is 0.505 e. The van der Waals surface area contributed by atoms with Crippen LogP contribution >= 0.6 is 23.2 Å². The number of phenols is 1. The van der Waals surface area contributed by atoms with Crippen LogP contribution in [0, 0.1) is 0 Å². The smallest absolute Gasteiger partial charge is 0.331 e. The summed E-state index contributed by atoms with van der Waals surface area (Å²) in [5.41, 5.74) is 0.115. The fourth-order valence-corrected chi connectivity index (χ4v) is 2.08. The first-order chi connectivity index (χ1) is 9.31. The molecule has 0 atom stereocenters. The first-order valence-corrected chi connectivity index (χ1v) is 6.10. The lowest BCUT2D eigenvalue weighted by Gasteiger charge is -2.22. The van der Waals surface area contributed by atoms with Gasteiger partial charge < -0.3 is 5.11 Å². The van der Waals surface area contributed by atoms with Gasteiger partial charge in [-0.2, -0.15) is 0 Å². The van der Waals surface area contributed by atoms with Gasteiger partial charge in [-0.1, -0.05) is 23.2 Å². The van der Waals surface area contributed by atoms with Crippen LogP contribution in [0.1, 0.15) is 5.56 Å². The minimum atomic E-state index is -0.807. The van der Waals surface area contributed by atoms with Gasteiger partial charge in [0.2, 0.25) is 0 Å². The standard InChI is InChI=1S/C12H8Cl2N2O4/c1-16-11(19)6(10(18)15-12(16)20)2-5-3-7(13)9(17)8(14)4-5/h2-4,17H,1H3,(H,15,18,20)/b6-2+. The second kappa shape index (κ2) is 5.15. The van der Waals surface area contributed by atoms with Crippen molar-refractivity contribution in [2.24, 2.45) is 0 Å². The third-order valence-electron chi connectivity index (χ3n) is 2.65. The van der Waals surface area contributed by atoms with E-state index < -0.39 is 17.8 Å². The molecule has 0 unspecified atom stereocenters. The molecular formula is C12H8Cl2N2O4. The lowest BCUT2D eigenvalue weighted by molar-refractivity contribution is -0.129. The zero-order valence-corrected chi connectivity index (χ0v) is 11.6. The van der Waals surface area contributed by atoms with Crippen molar-refractivity contribution in [2.75, 3.05) is 7.05 Å². The maximum absolute atomic E-state index is 11.8. The molecule has 2 rings (SSSR count). The van der Waals surface area contributed by atoms with Crippen LogP contribution in [-0.2, 0) is 9.59 Å². The van der Waals surface area contributed by atoms with Gasteiger partial charge in [0.1, 0.15) is 5.57 Å². The molecule has 0 saturated carbocycles. The van der Waals surface area contributed by atoms with Crippen LogP contribution in [-0.4, -0.2) is 34.9 Å². The number of barbiturate groups is 1. The molecule has 104 valence electrons. The highest BCUT2D eigenvalue weighted by Gasteiger charge is 2.33. The van der Waals surface area contributed by atoms with Gasteiger partial charge in [-0.25, -0.2) is 4.79 Å². The van der Waals surface area contributed by atoms with Gasteiger partial charge in [-0.15, -0.1) is 0 Å². The number of benzene rings is 1. The Kier molecular flexibility index (Phi) is 3.69. The molecule has 0 radical (unpaired) electrons. The van der Waals surface area contributed by atoms with E-state index in [-0.39, 0.29) is 21.4 Å². The highest BCUT2D eigenvalue weighted by molar-refractivity contribution is 6.37. The number of hydrogen-bond acceptors (Lipinski definition) is 4. The molecule has 20 heavy (non-hydrogen) atoms. The Morgan fingerprint density at radius 3 is 2.30 bits per heavy atom. The summed E-state index contributed by atoms with van der Waals surface area (Å²) < 4.78 is 0. The molecule has 1 saturated heterocycles. The van der Waals surface area contributed by atoms with Crippen LogP contribution in [0.15, 0.2) is 17.7 Å². The van der Waals surface area contributed by atoms with Crippen molar-refractivity contribution in [1.29, 1.82) is 0 Å². The van der Waals surface area contributed by atoms with Crippen LogP contribution in [0.25, 0.3) is 6.08 Å². The number of rotatable bonds is 1. The van der Waals surface area contributed by atoms with Crippen LogP contribution in [0.2, 0.25) is 10.0 Å². The number of phenolic OH excluding ortho intramolecular Hbond substituents is 1. The Morgan fingerprint density at radius 1 is 1.20 bits per heavy atom. The number of nitrogens with zero attached hydrogens (tertiary/aromatic N) is 1. The first kappa shape index (κ1) is 14.4. The van der Waals surface area contributed by atoms with Gasteiger partial charge in [0.15, 0.2) is 5.75 Å². The van der Waals surface area contributed by atoms with Crippen molar-refractivity contribution in [3.05, 3.63) is 33.3 Å². The Hall–Kier alpha value is -2.05. The van der Waals surface area contributed by atoms with E-state index in [4.69, 9.17) is 23.2 Å². The summed E-state index contributed by atoms with van der Waals surface area (Å²) in [6.07, 6.45) is 1.23. The molecule has 4 amide bonds. The molecule has 0 bridgehead atoms. The van der Waals surface area contributed by atoms with Crippen LogP contribution < -0.4 is 5.32 Å². The van der Waals surface area contributed by atoms with Gasteiger partial charge in [-0.3, -0.25) is 19.8 Å². The van der Waals surface area contributed by atoms with E-state index in [1.165, 1.54) is 25.3 Å². The molecule has 1 heterocycles.